The normalized spacial score (nSPS) is 27.8. The SMILES string of the molecule is CC1CCCC(Nc2ncccc2C(N)=S)C1C. The maximum atomic E-state index is 5.73. The van der Waals surface area contributed by atoms with Crippen LogP contribution in [0.4, 0.5) is 5.82 Å². The van der Waals surface area contributed by atoms with Crippen LogP contribution in [-0.4, -0.2) is 16.0 Å². The zero-order valence-corrected chi connectivity index (χ0v) is 11.8. The van der Waals surface area contributed by atoms with E-state index in [4.69, 9.17) is 18.0 Å². The Bertz CT molecular complexity index is 433. The van der Waals surface area contributed by atoms with Gasteiger partial charge in [-0.3, -0.25) is 0 Å². The van der Waals surface area contributed by atoms with Crippen LogP contribution in [0.25, 0.3) is 0 Å². The molecule has 1 heterocycles. The lowest BCUT2D eigenvalue weighted by atomic mass is 9.78. The summed E-state index contributed by atoms with van der Waals surface area (Å²) in [6.07, 6.45) is 5.57. The van der Waals surface area contributed by atoms with Gasteiger partial charge in [-0.15, -0.1) is 0 Å². The number of hydrogen-bond donors (Lipinski definition) is 2. The number of aromatic nitrogens is 1. The highest BCUT2D eigenvalue weighted by molar-refractivity contribution is 7.80. The minimum absolute atomic E-state index is 0.405. The van der Waals surface area contributed by atoms with E-state index in [2.05, 4.69) is 24.1 Å². The van der Waals surface area contributed by atoms with E-state index in [9.17, 15) is 0 Å². The molecule has 0 aromatic carbocycles. The van der Waals surface area contributed by atoms with Crippen LogP contribution in [0, 0.1) is 11.8 Å². The third kappa shape index (κ3) is 2.80. The first-order valence-corrected chi connectivity index (χ1v) is 7.01. The van der Waals surface area contributed by atoms with Crippen molar-refractivity contribution in [3.05, 3.63) is 23.9 Å². The van der Waals surface area contributed by atoms with Crippen LogP contribution in [0.2, 0.25) is 0 Å². The van der Waals surface area contributed by atoms with Crippen molar-refractivity contribution in [2.45, 2.75) is 39.2 Å². The van der Waals surface area contributed by atoms with Crippen LogP contribution in [0.15, 0.2) is 18.3 Å². The first-order valence-electron chi connectivity index (χ1n) is 6.61. The van der Waals surface area contributed by atoms with Crippen molar-refractivity contribution in [3.8, 4) is 0 Å². The first-order chi connectivity index (χ1) is 8.59. The smallest absolute Gasteiger partial charge is 0.136 e. The number of nitrogens with one attached hydrogen (secondary N) is 1. The summed E-state index contributed by atoms with van der Waals surface area (Å²) in [5.74, 6) is 2.24. The summed E-state index contributed by atoms with van der Waals surface area (Å²) in [4.78, 5) is 4.78. The molecule has 3 atom stereocenters. The zero-order chi connectivity index (χ0) is 13.1. The van der Waals surface area contributed by atoms with Gasteiger partial charge in [-0.1, -0.05) is 38.9 Å². The second-order valence-electron chi connectivity index (χ2n) is 5.28. The zero-order valence-electron chi connectivity index (χ0n) is 11.0. The predicted molar refractivity (Wildman–Crippen MR) is 79.7 cm³/mol. The minimum atomic E-state index is 0.405. The van der Waals surface area contributed by atoms with Crippen molar-refractivity contribution < 1.29 is 0 Å². The summed E-state index contributed by atoms with van der Waals surface area (Å²) in [5, 5.41) is 3.53. The van der Waals surface area contributed by atoms with Crippen LogP contribution >= 0.6 is 12.2 Å². The van der Waals surface area contributed by atoms with E-state index in [1.54, 1.807) is 6.20 Å². The summed E-state index contributed by atoms with van der Waals surface area (Å²) in [6.45, 7) is 4.64. The van der Waals surface area contributed by atoms with Crippen molar-refractivity contribution >= 4 is 23.0 Å². The summed E-state index contributed by atoms with van der Waals surface area (Å²) in [7, 11) is 0. The Labute approximate surface area is 114 Å². The van der Waals surface area contributed by atoms with E-state index >= 15 is 0 Å². The molecule has 0 spiro atoms. The van der Waals surface area contributed by atoms with Crippen LogP contribution in [-0.2, 0) is 0 Å². The third-order valence-corrected chi connectivity index (χ3v) is 4.32. The quantitative estimate of drug-likeness (QED) is 0.823. The number of hydrogen-bond acceptors (Lipinski definition) is 3. The van der Waals surface area contributed by atoms with Gasteiger partial charge >= 0.3 is 0 Å². The molecule has 3 nitrogen and oxygen atoms in total. The molecule has 1 fully saturated rings. The first kappa shape index (κ1) is 13.3. The molecule has 0 amide bonds. The summed E-state index contributed by atoms with van der Waals surface area (Å²) in [6, 6.07) is 4.26. The molecule has 1 aliphatic carbocycles. The molecule has 98 valence electrons. The molecule has 4 heteroatoms. The van der Waals surface area contributed by atoms with Gasteiger partial charge < -0.3 is 11.1 Å². The van der Waals surface area contributed by atoms with Gasteiger partial charge in [0, 0.05) is 12.2 Å². The highest BCUT2D eigenvalue weighted by Gasteiger charge is 2.27. The van der Waals surface area contributed by atoms with Gasteiger partial charge in [0.05, 0.1) is 5.56 Å². The van der Waals surface area contributed by atoms with Crippen molar-refractivity contribution in [2.75, 3.05) is 5.32 Å². The molecule has 1 saturated carbocycles. The lowest BCUT2D eigenvalue weighted by Gasteiger charge is -2.35. The van der Waals surface area contributed by atoms with Crippen molar-refractivity contribution in [1.82, 2.24) is 4.98 Å². The van der Waals surface area contributed by atoms with Crippen LogP contribution in [0.3, 0.4) is 0 Å². The second-order valence-corrected chi connectivity index (χ2v) is 5.72. The van der Waals surface area contributed by atoms with E-state index < -0.39 is 0 Å². The fourth-order valence-electron chi connectivity index (χ4n) is 2.68. The number of thiocarbonyl (C=S) groups is 1. The van der Waals surface area contributed by atoms with Crippen LogP contribution in [0.1, 0.15) is 38.7 Å². The molecular formula is C14H21N3S. The summed E-state index contributed by atoms with van der Waals surface area (Å²) >= 11 is 5.07. The Morgan fingerprint density at radius 2 is 2.22 bits per heavy atom. The van der Waals surface area contributed by atoms with Gasteiger partial charge in [-0.25, -0.2) is 4.98 Å². The lowest BCUT2D eigenvalue weighted by Crippen LogP contribution is -2.35. The van der Waals surface area contributed by atoms with E-state index in [0.29, 0.717) is 16.9 Å². The van der Waals surface area contributed by atoms with Crippen LogP contribution < -0.4 is 11.1 Å². The molecule has 1 aliphatic rings. The van der Waals surface area contributed by atoms with E-state index in [1.165, 1.54) is 19.3 Å². The molecule has 3 N–H and O–H groups in total. The van der Waals surface area contributed by atoms with Crippen LogP contribution in [0.5, 0.6) is 0 Å². The molecule has 1 aromatic heterocycles. The predicted octanol–water partition coefficient (Wildman–Crippen LogP) is 2.95. The van der Waals surface area contributed by atoms with Crippen molar-refractivity contribution in [3.63, 3.8) is 0 Å². The number of nitrogens with two attached hydrogens (primary N) is 1. The average molecular weight is 263 g/mol. The largest absolute Gasteiger partial charge is 0.389 e. The van der Waals surface area contributed by atoms with Gasteiger partial charge in [0.2, 0.25) is 0 Å². The molecule has 3 unspecified atom stereocenters. The molecule has 0 saturated heterocycles. The molecule has 0 radical (unpaired) electrons. The van der Waals surface area contributed by atoms with E-state index in [0.717, 1.165) is 17.3 Å². The second kappa shape index (κ2) is 5.65. The average Bonchev–Trinajstić information content (AvgIpc) is 2.35. The van der Waals surface area contributed by atoms with Crippen molar-refractivity contribution in [1.29, 1.82) is 0 Å². The van der Waals surface area contributed by atoms with Gasteiger partial charge in [0.1, 0.15) is 10.8 Å². The molecule has 18 heavy (non-hydrogen) atoms. The Balaban J connectivity index is 2.16. The number of nitrogens with zero attached hydrogens (tertiary/aromatic N) is 1. The maximum absolute atomic E-state index is 5.73. The molecule has 0 aliphatic heterocycles. The maximum Gasteiger partial charge on any atom is 0.136 e. The van der Waals surface area contributed by atoms with Gasteiger partial charge in [0.25, 0.3) is 0 Å². The Morgan fingerprint density at radius 3 is 2.94 bits per heavy atom. The van der Waals surface area contributed by atoms with Gasteiger partial charge in [0.15, 0.2) is 0 Å². The Kier molecular flexibility index (Phi) is 4.17. The molecule has 1 aromatic rings. The molecule has 0 bridgehead atoms. The highest BCUT2D eigenvalue weighted by atomic mass is 32.1. The Hall–Kier alpha value is -1.16. The monoisotopic (exact) mass is 263 g/mol. The summed E-state index contributed by atoms with van der Waals surface area (Å²) in [5.41, 5.74) is 6.58. The fraction of sp³-hybridized carbons (Fsp3) is 0.571. The standard InChI is InChI=1S/C14H21N3S/c1-9-5-3-7-12(10(9)2)17-14-11(13(15)18)6-4-8-16-14/h4,6,8-10,12H,3,5,7H2,1-2H3,(H2,15,18)(H,16,17). The van der Waals surface area contributed by atoms with Crippen molar-refractivity contribution in [2.24, 2.45) is 17.6 Å². The van der Waals surface area contributed by atoms with E-state index in [1.807, 2.05) is 12.1 Å². The number of pyridine rings is 1. The van der Waals surface area contributed by atoms with Gasteiger partial charge in [-0.2, -0.15) is 0 Å². The van der Waals surface area contributed by atoms with E-state index in [-0.39, 0.29) is 0 Å². The third-order valence-electron chi connectivity index (χ3n) is 4.10. The van der Waals surface area contributed by atoms with Gasteiger partial charge in [-0.05, 0) is 30.4 Å². The number of rotatable bonds is 3. The lowest BCUT2D eigenvalue weighted by molar-refractivity contribution is 0.253. The highest BCUT2D eigenvalue weighted by Crippen LogP contribution is 2.31. The Morgan fingerprint density at radius 1 is 1.44 bits per heavy atom. The summed E-state index contributed by atoms with van der Waals surface area (Å²) < 4.78 is 0. The fourth-order valence-corrected chi connectivity index (χ4v) is 2.85. The number of anilines is 1. The molecular weight excluding hydrogens is 242 g/mol. The molecule has 2 rings (SSSR count). The topological polar surface area (TPSA) is 50.9 Å². The minimum Gasteiger partial charge on any atom is -0.389 e.